The average Bonchev–Trinajstić information content (AvgIpc) is 3.54. The number of hydrogen-bond acceptors (Lipinski definition) is 5. The number of likely N-dealkylation sites (tertiary alicyclic amines) is 1. The van der Waals surface area contributed by atoms with E-state index in [0.717, 1.165) is 5.56 Å². The van der Waals surface area contributed by atoms with Crippen LogP contribution in [0.15, 0.2) is 66.9 Å². The number of aromatic nitrogens is 4. The van der Waals surface area contributed by atoms with Crippen molar-refractivity contribution in [1.29, 1.82) is 0 Å². The van der Waals surface area contributed by atoms with Gasteiger partial charge in [-0.1, -0.05) is 18.2 Å². The molecule has 4 aromatic rings. The van der Waals surface area contributed by atoms with Crippen molar-refractivity contribution < 1.29 is 19.1 Å². The Morgan fingerprint density at radius 3 is 2.54 bits per heavy atom. The van der Waals surface area contributed by atoms with Crippen LogP contribution >= 0.6 is 0 Å². The van der Waals surface area contributed by atoms with Gasteiger partial charge in [-0.25, -0.2) is 14.4 Å². The third-order valence-corrected chi connectivity index (χ3v) is 6.41. The minimum atomic E-state index is -0.858. The van der Waals surface area contributed by atoms with Crippen LogP contribution in [0.3, 0.4) is 0 Å². The maximum atomic E-state index is 13.7. The zero-order chi connectivity index (χ0) is 24.7. The fourth-order valence-corrected chi connectivity index (χ4v) is 4.62. The fourth-order valence-electron chi connectivity index (χ4n) is 4.62. The highest BCUT2D eigenvalue weighted by molar-refractivity contribution is 6.46. The highest BCUT2D eigenvalue weighted by Gasteiger charge is 2.46. The Morgan fingerprint density at radius 2 is 1.86 bits per heavy atom. The lowest BCUT2D eigenvalue weighted by Crippen LogP contribution is -2.31. The minimum Gasteiger partial charge on any atom is -0.505 e. The molecule has 1 amide bonds. The summed E-state index contributed by atoms with van der Waals surface area (Å²) < 4.78 is 17.4. The molecule has 1 aliphatic heterocycles. The molecule has 0 spiro atoms. The van der Waals surface area contributed by atoms with Crippen LogP contribution in [0.5, 0.6) is 0 Å². The summed E-state index contributed by atoms with van der Waals surface area (Å²) in [6, 6.07) is 8.54. The van der Waals surface area contributed by atoms with Gasteiger partial charge in [-0.15, -0.1) is 0 Å². The Labute approximate surface area is 201 Å². The molecule has 1 aromatic carbocycles. The van der Waals surface area contributed by atoms with Crippen molar-refractivity contribution in [3.05, 3.63) is 95.2 Å². The van der Waals surface area contributed by atoms with Crippen molar-refractivity contribution in [2.75, 3.05) is 6.54 Å². The molecule has 9 heteroatoms. The van der Waals surface area contributed by atoms with Gasteiger partial charge in [-0.05, 0) is 49.6 Å². The van der Waals surface area contributed by atoms with E-state index < -0.39 is 23.5 Å². The number of carbonyl (C=O) groups excluding carboxylic acids is 2. The third-order valence-electron chi connectivity index (χ3n) is 6.41. The number of halogens is 1. The molecule has 1 fully saturated rings. The van der Waals surface area contributed by atoms with E-state index in [1.54, 1.807) is 19.4 Å². The average molecular weight is 474 g/mol. The lowest BCUT2D eigenvalue weighted by Gasteiger charge is -2.25. The number of aliphatic hydroxyl groups is 1. The van der Waals surface area contributed by atoms with Crippen molar-refractivity contribution in [2.45, 2.75) is 32.9 Å². The molecule has 1 saturated heterocycles. The van der Waals surface area contributed by atoms with E-state index >= 15 is 0 Å². The minimum absolute atomic E-state index is 0.0478. The van der Waals surface area contributed by atoms with Crippen molar-refractivity contribution in [3.63, 3.8) is 0 Å². The van der Waals surface area contributed by atoms with Crippen molar-refractivity contribution in [1.82, 2.24) is 23.8 Å². The molecule has 35 heavy (non-hydrogen) atoms. The first-order chi connectivity index (χ1) is 16.9. The van der Waals surface area contributed by atoms with E-state index in [1.165, 1.54) is 29.2 Å². The zero-order valence-electron chi connectivity index (χ0n) is 19.3. The largest absolute Gasteiger partial charge is 0.505 e. The Bertz CT molecular complexity index is 1450. The number of rotatable bonds is 6. The molecule has 5 rings (SSSR count). The van der Waals surface area contributed by atoms with Crippen LogP contribution in [0.25, 0.3) is 11.4 Å². The number of imidazole rings is 2. The molecule has 4 heterocycles. The van der Waals surface area contributed by atoms with Gasteiger partial charge in [0.2, 0.25) is 0 Å². The van der Waals surface area contributed by atoms with Crippen LogP contribution in [0, 0.1) is 19.7 Å². The second kappa shape index (κ2) is 8.83. The van der Waals surface area contributed by atoms with Gasteiger partial charge in [-0.3, -0.25) is 9.59 Å². The maximum absolute atomic E-state index is 13.7. The number of aliphatic hydroxyl groups excluding tert-OH is 1. The first-order valence-corrected chi connectivity index (χ1v) is 11.3. The molecule has 8 nitrogen and oxygen atoms in total. The number of amides is 1. The first kappa shape index (κ1) is 22.5. The maximum Gasteiger partial charge on any atom is 0.295 e. The molecular weight excluding hydrogens is 449 g/mol. The fraction of sp³-hybridized carbons (Fsp3) is 0.231. The van der Waals surface area contributed by atoms with Crippen LogP contribution in [0.1, 0.15) is 35.0 Å². The van der Waals surface area contributed by atoms with Gasteiger partial charge in [-0.2, -0.15) is 0 Å². The predicted molar refractivity (Wildman–Crippen MR) is 127 cm³/mol. The number of hydrogen-bond donors (Lipinski definition) is 1. The molecule has 3 aromatic heterocycles. The Kier molecular flexibility index (Phi) is 5.68. The number of carbonyl (C=O) groups is 2. The van der Waals surface area contributed by atoms with E-state index in [-0.39, 0.29) is 23.6 Å². The Balaban J connectivity index is 1.60. The number of benzene rings is 1. The topological polar surface area (TPSA) is 92.7 Å². The SMILES string of the molecule is Cc1cccn2c(C)c(C(O)=C3C(=O)C(=O)N(CCCn4ccnc4)C3c3ccc(F)cc3)nc12. The van der Waals surface area contributed by atoms with Crippen molar-refractivity contribution in [3.8, 4) is 0 Å². The van der Waals surface area contributed by atoms with Gasteiger partial charge in [0.05, 0.1) is 23.6 Å². The normalized spacial score (nSPS) is 17.6. The monoisotopic (exact) mass is 473 g/mol. The van der Waals surface area contributed by atoms with Gasteiger partial charge >= 0.3 is 0 Å². The summed E-state index contributed by atoms with van der Waals surface area (Å²) in [6.07, 6.45) is 7.56. The number of pyridine rings is 1. The number of aryl methyl sites for hydroxylation is 3. The molecule has 0 aliphatic carbocycles. The molecular formula is C26H24FN5O3. The molecule has 1 N–H and O–H groups in total. The lowest BCUT2D eigenvalue weighted by molar-refractivity contribution is -0.139. The summed E-state index contributed by atoms with van der Waals surface area (Å²) in [5.41, 5.74) is 2.93. The molecule has 0 radical (unpaired) electrons. The van der Waals surface area contributed by atoms with Crippen LogP contribution in [-0.2, 0) is 16.1 Å². The lowest BCUT2D eigenvalue weighted by atomic mass is 9.96. The molecule has 0 saturated carbocycles. The van der Waals surface area contributed by atoms with Crippen molar-refractivity contribution >= 4 is 23.1 Å². The second-order valence-electron chi connectivity index (χ2n) is 8.63. The molecule has 0 bridgehead atoms. The van der Waals surface area contributed by atoms with Crippen LogP contribution < -0.4 is 0 Å². The zero-order valence-corrected chi connectivity index (χ0v) is 19.3. The third kappa shape index (κ3) is 3.88. The first-order valence-electron chi connectivity index (χ1n) is 11.3. The Morgan fingerprint density at radius 1 is 1.09 bits per heavy atom. The van der Waals surface area contributed by atoms with Crippen LogP contribution in [0.4, 0.5) is 4.39 Å². The van der Waals surface area contributed by atoms with Crippen molar-refractivity contribution in [2.24, 2.45) is 0 Å². The second-order valence-corrected chi connectivity index (χ2v) is 8.63. The summed E-state index contributed by atoms with van der Waals surface area (Å²) in [6.45, 7) is 4.57. The number of ketones is 1. The van der Waals surface area contributed by atoms with Gasteiger partial charge in [0.1, 0.15) is 17.2 Å². The van der Waals surface area contributed by atoms with E-state index in [9.17, 15) is 19.1 Å². The van der Waals surface area contributed by atoms with Gasteiger partial charge in [0.15, 0.2) is 5.76 Å². The van der Waals surface area contributed by atoms with E-state index in [4.69, 9.17) is 0 Å². The summed E-state index contributed by atoms with van der Waals surface area (Å²) >= 11 is 0. The molecule has 1 unspecified atom stereocenters. The molecule has 1 atom stereocenters. The molecule has 1 aliphatic rings. The van der Waals surface area contributed by atoms with E-state index in [2.05, 4.69) is 9.97 Å². The van der Waals surface area contributed by atoms with Gasteiger partial charge in [0, 0.05) is 31.7 Å². The molecule has 178 valence electrons. The van der Waals surface area contributed by atoms with Crippen LogP contribution in [-0.4, -0.2) is 47.2 Å². The standard InChI is InChI=1S/C26H24FN5O3/c1-16-5-3-12-31-17(2)21(29-25(16)31)23(33)20-22(18-6-8-19(27)9-7-18)32(26(35)24(20)34)13-4-11-30-14-10-28-15-30/h3,5-10,12,14-15,22,33H,4,11,13H2,1-2H3. The summed E-state index contributed by atoms with van der Waals surface area (Å²) in [5, 5.41) is 11.4. The predicted octanol–water partition coefficient (Wildman–Crippen LogP) is 3.80. The van der Waals surface area contributed by atoms with E-state index in [1.807, 2.05) is 40.4 Å². The quantitative estimate of drug-likeness (QED) is 0.261. The highest BCUT2D eigenvalue weighted by atomic mass is 19.1. The van der Waals surface area contributed by atoms with Gasteiger partial charge < -0.3 is 19.0 Å². The number of nitrogens with zero attached hydrogens (tertiary/aromatic N) is 5. The van der Waals surface area contributed by atoms with Crippen LogP contribution in [0.2, 0.25) is 0 Å². The van der Waals surface area contributed by atoms with Gasteiger partial charge in [0.25, 0.3) is 11.7 Å². The summed E-state index contributed by atoms with van der Waals surface area (Å²) in [7, 11) is 0. The summed E-state index contributed by atoms with van der Waals surface area (Å²) in [5.74, 6) is -2.26. The number of Topliss-reactive ketones (excluding diaryl/α,β-unsaturated/α-hetero) is 1. The smallest absolute Gasteiger partial charge is 0.295 e. The summed E-state index contributed by atoms with van der Waals surface area (Å²) in [4.78, 5) is 36.4. The highest BCUT2D eigenvalue weighted by Crippen LogP contribution is 2.40. The van der Waals surface area contributed by atoms with E-state index in [0.29, 0.717) is 29.9 Å². The number of fused-ring (bicyclic) bond motifs is 1. The Hall–Kier alpha value is -4.27.